The Morgan fingerprint density at radius 2 is 2.00 bits per heavy atom. The quantitative estimate of drug-likeness (QED) is 0.869. The maximum Gasteiger partial charge on any atom is 0.251 e. The topological polar surface area (TPSA) is 47.6 Å². The van der Waals surface area contributed by atoms with Crippen molar-refractivity contribution in [1.82, 2.24) is 5.32 Å². The molecule has 0 saturated heterocycles. The Kier molecular flexibility index (Phi) is 4.71. The smallest absolute Gasteiger partial charge is 0.251 e. The lowest BCUT2D eigenvalue weighted by molar-refractivity contribution is 0.0939. The fraction of sp³-hybridized carbons (Fsp3) is 0.381. The van der Waals surface area contributed by atoms with Gasteiger partial charge in [-0.15, -0.1) is 0 Å². The number of nitrogens with one attached hydrogen (secondary N) is 1. The van der Waals surface area contributed by atoms with Gasteiger partial charge in [-0.1, -0.05) is 37.6 Å². The predicted molar refractivity (Wildman–Crippen MR) is 97.7 cm³/mol. The standard InChI is InChI=1S/C21H25NO3/c1-14(22-20(23)15-8-6-5-7-9-15)10-17-19-16(11-21(17,2)3)12-25-13-18(19)24-4/h5-9,12-14H,10-11H2,1-4H3,(H,22,23). The molecule has 1 amide bonds. The van der Waals surface area contributed by atoms with Crippen molar-refractivity contribution in [1.29, 1.82) is 0 Å². The summed E-state index contributed by atoms with van der Waals surface area (Å²) in [5.74, 6) is 0.722. The van der Waals surface area contributed by atoms with Gasteiger partial charge in [-0.25, -0.2) is 0 Å². The Labute approximate surface area is 149 Å². The predicted octanol–water partition coefficient (Wildman–Crippen LogP) is 4.32. The van der Waals surface area contributed by atoms with Gasteiger partial charge in [0.2, 0.25) is 0 Å². The number of rotatable bonds is 5. The van der Waals surface area contributed by atoms with E-state index >= 15 is 0 Å². The molecule has 132 valence electrons. The molecule has 1 aliphatic heterocycles. The van der Waals surface area contributed by atoms with E-state index in [9.17, 15) is 4.79 Å². The van der Waals surface area contributed by atoms with Crippen molar-refractivity contribution in [2.24, 2.45) is 5.41 Å². The SMILES string of the molecule is COC1=COC=C2CC(C)(C)C(CC(C)NC(=O)c3ccccc3)=C21. The molecule has 1 aromatic carbocycles. The normalized spacial score (nSPS) is 19.4. The van der Waals surface area contributed by atoms with E-state index < -0.39 is 0 Å². The molecule has 0 fully saturated rings. The van der Waals surface area contributed by atoms with Crippen molar-refractivity contribution >= 4 is 5.91 Å². The second-order valence-corrected chi connectivity index (χ2v) is 7.32. The number of hydrogen-bond donors (Lipinski definition) is 1. The highest BCUT2D eigenvalue weighted by Crippen LogP contribution is 2.50. The fourth-order valence-corrected chi connectivity index (χ4v) is 3.63. The average Bonchev–Trinajstić information content (AvgIpc) is 2.85. The minimum Gasteiger partial charge on any atom is -0.493 e. The molecule has 0 aromatic heterocycles. The highest BCUT2D eigenvalue weighted by molar-refractivity contribution is 5.94. The molecule has 1 aliphatic carbocycles. The van der Waals surface area contributed by atoms with E-state index in [0.29, 0.717) is 5.56 Å². The molecule has 0 bridgehead atoms. The molecular formula is C21H25NO3. The summed E-state index contributed by atoms with van der Waals surface area (Å²) in [4.78, 5) is 12.4. The van der Waals surface area contributed by atoms with Crippen LogP contribution in [0.1, 0.15) is 44.0 Å². The van der Waals surface area contributed by atoms with E-state index in [-0.39, 0.29) is 17.4 Å². The Bertz CT molecular complexity index is 757. The number of hydrogen-bond acceptors (Lipinski definition) is 3. The monoisotopic (exact) mass is 339 g/mol. The van der Waals surface area contributed by atoms with E-state index in [1.165, 1.54) is 11.1 Å². The summed E-state index contributed by atoms with van der Waals surface area (Å²) in [7, 11) is 1.66. The van der Waals surface area contributed by atoms with Gasteiger partial charge in [0.25, 0.3) is 5.91 Å². The number of fused-ring (bicyclic) bond motifs is 1. The lowest BCUT2D eigenvalue weighted by Gasteiger charge is -2.26. The van der Waals surface area contributed by atoms with Gasteiger partial charge in [0.15, 0.2) is 5.76 Å². The van der Waals surface area contributed by atoms with Gasteiger partial charge in [-0.3, -0.25) is 4.79 Å². The summed E-state index contributed by atoms with van der Waals surface area (Å²) in [6.45, 7) is 6.50. The van der Waals surface area contributed by atoms with Crippen molar-refractivity contribution in [3.05, 3.63) is 70.9 Å². The van der Waals surface area contributed by atoms with Crippen LogP contribution < -0.4 is 5.32 Å². The largest absolute Gasteiger partial charge is 0.493 e. The second kappa shape index (κ2) is 6.79. The van der Waals surface area contributed by atoms with Gasteiger partial charge >= 0.3 is 0 Å². The van der Waals surface area contributed by atoms with Crippen LogP contribution in [0.2, 0.25) is 0 Å². The third kappa shape index (κ3) is 3.48. The molecule has 25 heavy (non-hydrogen) atoms. The van der Waals surface area contributed by atoms with Crippen LogP contribution in [0.5, 0.6) is 0 Å². The van der Waals surface area contributed by atoms with Crippen LogP contribution in [0.3, 0.4) is 0 Å². The molecule has 0 spiro atoms. The van der Waals surface area contributed by atoms with Crippen molar-refractivity contribution in [2.45, 2.75) is 39.7 Å². The van der Waals surface area contributed by atoms with Crippen molar-refractivity contribution < 1.29 is 14.3 Å². The van der Waals surface area contributed by atoms with E-state index in [4.69, 9.17) is 9.47 Å². The molecule has 1 heterocycles. The van der Waals surface area contributed by atoms with Gasteiger partial charge in [0, 0.05) is 17.2 Å². The van der Waals surface area contributed by atoms with Gasteiger partial charge in [0.1, 0.15) is 6.26 Å². The maximum absolute atomic E-state index is 12.4. The van der Waals surface area contributed by atoms with Crippen molar-refractivity contribution in [2.75, 3.05) is 7.11 Å². The zero-order valence-corrected chi connectivity index (χ0v) is 15.3. The third-order valence-corrected chi connectivity index (χ3v) is 4.85. The number of allylic oxidation sites excluding steroid dienone is 1. The van der Waals surface area contributed by atoms with E-state index in [2.05, 4.69) is 19.2 Å². The van der Waals surface area contributed by atoms with Gasteiger partial charge in [-0.2, -0.15) is 0 Å². The number of ether oxygens (including phenoxy) is 2. The second-order valence-electron chi connectivity index (χ2n) is 7.32. The summed E-state index contributed by atoms with van der Waals surface area (Å²) in [6, 6.07) is 9.33. The first-order valence-electron chi connectivity index (χ1n) is 8.61. The van der Waals surface area contributed by atoms with Crippen LogP contribution in [0.15, 0.2) is 65.3 Å². The van der Waals surface area contributed by atoms with Crippen LogP contribution >= 0.6 is 0 Å². The van der Waals surface area contributed by atoms with Crippen LogP contribution in [0.25, 0.3) is 0 Å². The van der Waals surface area contributed by atoms with Gasteiger partial charge in [-0.05, 0) is 42.9 Å². The summed E-state index contributed by atoms with van der Waals surface area (Å²) in [5, 5.41) is 3.11. The number of benzene rings is 1. The highest BCUT2D eigenvalue weighted by atomic mass is 16.5. The number of methoxy groups -OCH3 is 1. The van der Waals surface area contributed by atoms with Crippen LogP contribution in [0, 0.1) is 5.41 Å². The maximum atomic E-state index is 12.4. The fourth-order valence-electron chi connectivity index (χ4n) is 3.63. The minimum atomic E-state index is -0.0419. The Hall–Kier alpha value is -2.49. The Morgan fingerprint density at radius 1 is 1.28 bits per heavy atom. The molecule has 1 atom stereocenters. The molecule has 4 nitrogen and oxygen atoms in total. The molecular weight excluding hydrogens is 314 g/mol. The Balaban J connectivity index is 1.80. The molecule has 0 saturated carbocycles. The minimum absolute atomic E-state index is 0.0121. The lowest BCUT2D eigenvalue weighted by atomic mass is 9.82. The molecule has 1 N–H and O–H groups in total. The summed E-state index contributed by atoms with van der Waals surface area (Å²) in [5.41, 5.74) is 4.30. The average molecular weight is 339 g/mol. The van der Waals surface area contributed by atoms with Crippen LogP contribution in [0.4, 0.5) is 0 Å². The molecule has 1 aromatic rings. The molecule has 2 aliphatic rings. The number of amides is 1. The van der Waals surface area contributed by atoms with Crippen LogP contribution in [-0.2, 0) is 9.47 Å². The lowest BCUT2D eigenvalue weighted by Crippen LogP contribution is -2.34. The van der Waals surface area contributed by atoms with Gasteiger partial charge in [0.05, 0.1) is 13.4 Å². The van der Waals surface area contributed by atoms with E-state index in [1.54, 1.807) is 19.6 Å². The third-order valence-electron chi connectivity index (χ3n) is 4.85. The summed E-state index contributed by atoms with van der Waals surface area (Å²) < 4.78 is 10.9. The van der Waals surface area contributed by atoms with E-state index in [1.807, 2.05) is 37.3 Å². The molecule has 0 radical (unpaired) electrons. The van der Waals surface area contributed by atoms with Crippen LogP contribution in [-0.4, -0.2) is 19.1 Å². The first-order chi connectivity index (χ1) is 11.9. The Morgan fingerprint density at radius 3 is 2.68 bits per heavy atom. The first kappa shape index (κ1) is 17.3. The zero-order valence-electron chi connectivity index (χ0n) is 15.3. The molecule has 1 unspecified atom stereocenters. The first-order valence-corrected chi connectivity index (χ1v) is 8.61. The van der Waals surface area contributed by atoms with Crippen molar-refractivity contribution in [3.63, 3.8) is 0 Å². The van der Waals surface area contributed by atoms with E-state index in [0.717, 1.165) is 24.2 Å². The highest BCUT2D eigenvalue weighted by Gasteiger charge is 2.39. The van der Waals surface area contributed by atoms with Gasteiger partial charge < -0.3 is 14.8 Å². The number of carbonyl (C=O) groups excluding carboxylic acids is 1. The molecule has 4 heteroatoms. The summed E-state index contributed by atoms with van der Waals surface area (Å²) in [6.07, 6.45) is 5.14. The van der Waals surface area contributed by atoms with Crippen molar-refractivity contribution in [3.8, 4) is 0 Å². The molecule has 3 rings (SSSR count). The number of carbonyl (C=O) groups is 1. The summed E-state index contributed by atoms with van der Waals surface area (Å²) >= 11 is 0. The zero-order chi connectivity index (χ0) is 18.0.